The number of rotatable bonds is 3. The Morgan fingerprint density at radius 3 is 2.75 bits per heavy atom. The average molecular weight is 329 g/mol. The standard InChI is InChI=1S/C13H14Cl2N4S/c14-9-1-2-11(15)12(7-9)19-5-3-10(4-6-19)20-13-8-16-18-17-13/h1-2,7-8,10H,3-6H2,(H,16,17,18). The quantitative estimate of drug-likeness (QED) is 0.928. The number of aromatic amines is 1. The van der Waals surface area contributed by atoms with Crippen LogP contribution in [0.15, 0.2) is 29.4 Å². The number of anilines is 1. The molecular formula is C13H14Cl2N4S. The second-order valence-electron chi connectivity index (χ2n) is 4.71. The molecule has 4 nitrogen and oxygen atoms in total. The van der Waals surface area contributed by atoms with E-state index in [1.165, 1.54) is 0 Å². The van der Waals surface area contributed by atoms with Crippen molar-refractivity contribution in [3.8, 4) is 0 Å². The third-order valence-corrected chi connectivity index (χ3v) is 5.17. The van der Waals surface area contributed by atoms with Crippen LogP contribution in [0.1, 0.15) is 12.8 Å². The average Bonchev–Trinajstić information content (AvgIpc) is 2.95. The molecule has 0 radical (unpaired) electrons. The van der Waals surface area contributed by atoms with Crippen LogP contribution in [0.2, 0.25) is 10.0 Å². The van der Waals surface area contributed by atoms with Crippen LogP contribution >= 0.6 is 35.0 Å². The second-order valence-corrected chi connectivity index (χ2v) is 6.87. The minimum atomic E-state index is 0.578. The van der Waals surface area contributed by atoms with Gasteiger partial charge in [-0.1, -0.05) is 35.0 Å². The SMILES string of the molecule is Clc1ccc(Cl)c(N2CCC(Sc3cn[nH]n3)CC2)c1. The fraction of sp³-hybridized carbons (Fsp3) is 0.385. The maximum atomic E-state index is 6.25. The van der Waals surface area contributed by atoms with Crippen molar-refractivity contribution in [1.29, 1.82) is 0 Å². The van der Waals surface area contributed by atoms with Gasteiger partial charge in [0.1, 0.15) is 5.03 Å². The summed E-state index contributed by atoms with van der Waals surface area (Å²) in [7, 11) is 0. The zero-order chi connectivity index (χ0) is 13.9. The first kappa shape index (κ1) is 14.0. The predicted octanol–water partition coefficient (Wildman–Crippen LogP) is 3.87. The van der Waals surface area contributed by atoms with Crippen LogP contribution in [0.5, 0.6) is 0 Å². The van der Waals surface area contributed by atoms with E-state index in [0.717, 1.165) is 46.7 Å². The van der Waals surface area contributed by atoms with Crippen LogP contribution in [-0.2, 0) is 0 Å². The molecule has 0 unspecified atom stereocenters. The molecule has 0 aliphatic carbocycles. The Balaban J connectivity index is 1.62. The molecule has 1 aromatic heterocycles. The van der Waals surface area contributed by atoms with Gasteiger partial charge in [-0.2, -0.15) is 10.3 Å². The van der Waals surface area contributed by atoms with Gasteiger partial charge in [0.25, 0.3) is 0 Å². The van der Waals surface area contributed by atoms with Crippen molar-refractivity contribution >= 4 is 40.7 Å². The van der Waals surface area contributed by atoms with E-state index in [9.17, 15) is 0 Å². The maximum Gasteiger partial charge on any atom is 0.138 e. The summed E-state index contributed by atoms with van der Waals surface area (Å²) in [5.41, 5.74) is 1.03. The first-order chi connectivity index (χ1) is 9.72. The van der Waals surface area contributed by atoms with Crippen LogP contribution in [0, 0.1) is 0 Å². The molecule has 0 spiro atoms. The molecule has 0 amide bonds. The van der Waals surface area contributed by atoms with Crippen LogP contribution < -0.4 is 4.90 Å². The largest absolute Gasteiger partial charge is 0.370 e. The van der Waals surface area contributed by atoms with Crippen molar-refractivity contribution < 1.29 is 0 Å². The van der Waals surface area contributed by atoms with E-state index < -0.39 is 0 Å². The fourth-order valence-electron chi connectivity index (χ4n) is 2.36. The number of hydrogen-bond acceptors (Lipinski definition) is 4. The summed E-state index contributed by atoms with van der Waals surface area (Å²) in [5.74, 6) is 0. The normalized spacial score (nSPS) is 16.6. The molecule has 1 aromatic carbocycles. The van der Waals surface area contributed by atoms with Gasteiger partial charge in [-0.25, -0.2) is 0 Å². The van der Waals surface area contributed by atoms with Gasteiger partial charge in [0, 0.05) is 23.4 Å². The number of halogens is 2. The highest BCUT2D eigenvalue weighted by Crippen LogP contribution is 2.34. The molecule has 1 fully saturated rings. The van der Waals surface area contributed by atoms with Gasteiger partial charge in [-0.3, -0.25) is 0 Å². The number of aromatic nitrogens is 3. The zero-order valence-electron chi connectivity index (χ0n) is 10.7. The monoisotopic (exact) mass is 328 g/mol. The Kier molecular flexibility index (Phi) is 4.38. The number of hydrogen-bond donors (Lipinski definition) is 1. The van der Waals surface area contributed by atoms with Crippen molar-refractivity contribution in [3.63, 3.8) is 0 Å². The van der Waals surface area contributed by atoms with E-state index in [1.807, 2.05) is 18.2 Å². The lowest BCUT2D eigenvalue weighted by molar-refractivity contribution is 0.590. The number of H-pyrrole nitrogens is 1. The highest BCUT2D eigenvalue weighted by atomic mass is 35.5. The Hall–Kier alpha value is -0.910. The highest BCUT2D eigenvalue weighted by molar-refractivity contribution is 7.99. The van der Waals surface area contributed by atoms with Crippen LogP contribution in [0.3, 0.4) is 0 Å². The lowest BCUT2D eigenvalue weighted by atomic mass is 10.1. The number of nitrogens with zero attached hydrogens (tertiary/aromatic N) is 3. The van der Waals surface area contributed by atoms with Crippen LogP contribution in [-0.4, -0.2) is 33.8 Å². The molecule has 1 aliphatic rings. The number of thioether (sulfide) groups is 1. The first-order valence-electron chi connectivity index (χ1n) is 6.45. The fourth-order valence-corrected chi connectivity index (χ4v) is 3.76. The third-order valence-electron chi connectivity index (χ3n) is 3.37. The van der Waals surface area contributed by atoms with Gasteiger partial charge in [-0.15, -0.1) is 5.10 Å². The molecule has 7 heteroatoms. The molecule has 20 heavy (non-hydrogen) atoms. The smallest absolute Gasteiger partial charge is 0.138 e. The van der Waals surface area contributed by atoms with Gasteiger partial charge >= 0.3 is 0 Å². The molecule has 0 saturated carbocycles. The molecule has 106 valence electrons. The topological polar surface area (TPSA) is 44.8 Å². The van der Waals surface area contributed by atoms with Gasteiger partial charge in [0.2, 0.25) is 0 Å². The summed E-state index contributed by atoms with van der Waals surface area (Å²) in [4.78, 5) is 2.30. The molecule has 3 rings (SSSR count). The van der Waals surface area contributed by atoms with Crippen LogP contribution in [0.25, 0.3) is 0 Å². The summed E-state index contributed by atoms with van der Waals surface area (Å²) in [6, 6.07) is 5.62. The summed E-state index contributed by atoms with van der Waals surface area (Å²) >= 11 is 14.1. The summed E-state index contributed by atoms with van der Waals surface area (Å²) < 4.78 is 0. The van der Waals surface area contributed by atoms with E-state index in [1.54, 1.807) is 18.0 Å². The number of nitrogens with one attached hydrogen (secondary N) is 1. The Bertz CT molecular complexity index is 568. The van der Waals surface area contributed by atoms with Crippen molar-refractivity contribution in [2.45, 2.75) is 23.1 Å². The van der Waals surface area contributed by atoms with Gasteiger partial charge in [0.05, 0.1) is 16.9 Å². The molecule has 2 aromatic rings. The van der Waals surface area contributed by atoms with E-state index in [-0.39, 0.29) is 0 Å². The molecule has 1 N–H and O–H groups in total. The minimum Gasteiger partial charge on any atom is -0.370 e. The Morgan fingerprint density at radius 2 is 2.05 bits per heavy atom. The molecule has 0 bridgehead atoms. The van der Waals surface area contributed by atoms with E-state index in [0.29, 0.717) is 5.25 Å². The highest BCUT2D eigenvalue weighted by Gasteiger charge is 2.22. The second kappa shape index (κ2) is 6.24. The molecule has 0 atom stereocenters. The molecular weight excluding hydrogens is 315 g/mol. The summed E-state index contributed by atoms with van der Waals surface area (Å²) in [6.45, 7) is 1.96. The van der Waals surface area contributed by atoms with E-state index in [2.05, 4.69) is 20.3 Å². The predicted molar refractivity (Wildman–Crippen MR) is 83.9 cm³/mol. The van der Waals surface area contributed by atoms with Gasteiger partial charge in [-0.05, 0) is 31.0 Å². The first-order valence-corrected chi connectivity index (χ1v) is 8.08. The summed E-state index contributed by atoms with van der Waals surface area (Å²) in [6.07, 6.45) is 3.96. The summed E-state index contributed by atoms with van der Waals surface area (Å²) in [5, 5.41) is 13.6. The Morgan fingerprint density at radius 1 is 1.25 bits per heavy atom. The van der Waals surface area contributed by atoms with Crippen LogP contribution in [0.4, 0.5) is 5.69 Å². The minimum absolute atomic E-state index is 0.578. The lowest BCUT2D eigenvalue weighted by Gasteiger charge is -2.33. The lowest BCUT2D eigenvalue weighted by Crippen LogP contribution is -2.34. The maximum absolute atomic E-state index is 6.25. The van der Waals surface area contributed by atoms with Crippen molar-refractivity contribution in [1.82, 2.24) is 15.4 Å². The zero-order valence-corrected chi connectivity index (χ0v) is 13.0. The van der Waals surface area contributed by atoms with Crippen molar-refractivity contribution in [2.75, 3.05) is 18.0 Å². The third kappa shape index (κ3) is 3.22. The number of benzene rings is 1. The number of piperidine rings is 1. The molecule has 1 aliphatic heterocycles. The van der Waals surface area contributed by atoms with Gasteiger partial charge in [0.15, 0.2) is 0 Å². The van der Waals surface area contributed by atoms with Crippen molar-refractivity contribution in [2.24, 2.45) is 0 Å². The van der Waals surface area contributed by atoms with Gasteiger partial charge < -0.3 is 4.90 Å². The van der Waals surface area contributed by atoms with E-state index >= 15 is 0 Å². The van der Waals surface area contributed by atoms with E-state index in [4.69, 9.17) is 23.2 Å². The molecule has 2 heterocycles. The Labute approximate surface area is 131 Å². The van der Waals surface area contributed by atoms with Crippen molar-refractivity contribution in [3.05, 3.63) is 34.4 Å². The molecule has 1 saturated heterocycles.